The lowest BCUT2D eigenvalue weighted by Crippen LogP contribution is -2.05. The lowest BCUT2D eigenvalue weighted by Gasteiger charge is -2.17. The van der Waals surface area contributed by atoms with Crippen molar-refractivity contribution in [1.82, 2.24) is 0 Å². The maximum absolute atomic E-state index is 12.8. The van der Waals surface area contributed by atoms with E-state index in [0.717, 1.165) is 12.8 Å². The highest BCUT2D eigenvalue weighted by Gasteiger charge is 2.15. The summed E-state index contributed by atoms with van der Waals surface area (Å²) in [5, 5.41) is 10.3. The fourth-order valence-corrected chi connectivity index (χ4v) is 2.18. The number of hydrogen-bond acceptors (Lipinski definition) is 1. The number of aliphatic hydroxyl groups is 1. The van der Waals surface area contributed by atoms with Crippen molar-refractivity contribution >= 4 is 11.6 Å². The Morgan fingerprint density at radius 3 is 2.69 bits per heavy atom. The van der Waals surface area contributed by atoms with Crippen LogP contribution in [0.1, 0.15) is 44.8 Å². The molecule has 0 fully saturated rings. The van der Waals surface area contributed by atoms with Crippen LogP contribution < -0.4 is 0 Å². The van der Waals surface area contributed by atoms with Crippen LogP contribution >= 0.6 is 11.6 Å². The third-order valence-electron chi connectivity index (χ3n) is 2.73. The van der Waals surface area contributed by atoms with Gasteiger partial charge in [-0.05, 0) is 30.0 Å². The maximum Gasteiger partial charge on any atom is 0.124 e. The van der Waals surface area contributed by atoms with Crippen molar-refractivity contribution in [2.24, 2.45) is 5.92 Å². The molecular formula is C13H18ClFO. The second-order valence-electron chi connectivity index (χ2n) is 4.31. The zero-order valence-corrected chi connectivity index (χ0v) is 10.5. The van der Waals surface area contributed by atoms with Crippen LogP contribution in [-0.4, -0.2) is 5.11 Å². The first-order valence-corrected chi connectivity index (χ1v) is 6.05. The first-order chi connectivity index (χ1) is 7.54. The molecule has 1 aromatic carbocycles. The largest absolute Gasteiger partial charge is 0.388 e. The summed E-state index contributed by atoms with van der Waals surface area (Å²) in [6, 6.07) is 4.13. The second-order valence-corrected chi connectivity index (χ2v) is 4.72. The lowest BCUT2D eigenvalue weighted by atomic mass is 9.95. The Hall–Kier alpha value is -0.600. The first kappa shape index (κ1) is 13.5. The quantitative estimate of drug-likeness (QED) is 0.817. The molecule has 16 heavy (non-hydrogen) atoms. The molecule has 0 spiro atoms. The molecule has 90 valence electrons. The molecule has 0 aliphatic rings. The van der Waals surface area contributed by atoms with Crippen molar-refractivity contribution in [2.75, 3.05) is 0 Å². The summed E-state index contributed by atoms with van der Waals surface area (Å²) >= 11 is 5.88. The number of benzene rings is 1. The highest BCUT2D eigenvalue weighted by Crippen LogP contribution is 2.29. The van der Waals surface area contributed by atoms with Crippen molar-refractivity contribution in [3.63, 3.8) is 0 Å². The third kappa shape index (κ3) is 3.76. The van der Waals surface area contributed by atoms with Crippen molar-refractivity contribution in [2.45, 2.75) is 39.2 Å². The number of aliphatic hydroxyl groups excluding tert-OH is 1. The summed E-state index contributed by atoms with van der Waals surface area (Å²) in [7, 11) is 0. The third-order valence-corrected chi connectivity index (χ3v) is 3.06. The Bertz CT molecular complexity index is 341. The summed E-state index contributed by atoms with van der Waals surface area (Å²) in [6.07, 6.45) is 2.25. The zero-order valence-electron chi connectivity index (χ0n) is 9.71. The monoisotopic (exact) mass is 244 g/mol. The molecule has 0 amide bonds. The summed E-state index contributed by atoms with van der Waals surface area (Å²) in [5.41, 5.74) is 0.617. The Morgan fingerprint density at radius 1 is 1.44 bits per heavy atom. The van der Waals surface area contributed by atoms with Crippen LogP contribution in [0.25, 0.3) is 0 Å². The average molecular weight is 245 g/mol. The molecule has 0 radical (unpaired) electrons. The lowest BCUT2D eigenvalue weighted by molar-refractivity contribution is 0.145. The van der Waals surface area contributed by atoms with E-state index >= 15 is 0 Å². The predicted octanol–water partition coefficient (Wildman–Crippen LogP) is 4.34. The van der Waals surface area contributed by atoms with Crippen molar-refractivity contribution in [3.8, 4) is 0 Å². The molecule has 1 nitrogen and oxygen atoms in total. The van der Waals surface area contributed by atoms with Crippen LogP contribution in [0.2, 0.25) is 5.02 Å². The zero-order chi connectivity index (χ0) is 12.1. The highest BCUT2D eigenvalue weighted by atomic mass is 35.5. The normalized spacial score (nSPS) is 14.8. The van der Waals surface area contributed by atoms with Gasteiger partial charge in [0.1, 0.15) is 5.82 Å². The maximum atomic E-state index is 12.8. The molecule has 3 heteroatoms. The molecule has 0 bridgehead atoms. The van der Waals surface area contributed by atoms with Gasteiger partial charge in [-0.2, -0.15) is 0 Å². The van der Waals surface area contributed by atoms with Gasteiger partial charge in [-0.3, -0.25) is 0 Å². The molecule has 0 heterocycles. The van der Waals surface area contributed by atoms with Gasteiger partial charge in [0, 0.05) is 5.02 Å². The van der Waals surface area contributed by atoms with Crippen LogP contribution in [-0.2, 0) is 0 Å². The molecule has 0 aromatic heterocycles. The highest BCUT2D eigenvalue weighted by molar-refractivity contribution is 6.31. The Labute approximate surface area is 101 Å². The van der Waals surface area contributed by atoms with E-state index < -0.39 is 6.10 Å². The molecule has 1 aromatic rings. The fraction of sp³-hybridized carbons (Fsp3) is 0.538. The SMILES string of the molecule is CCCC(C)CC(O)c1ccc(F)cc1Cl. The molecule has 2 atom stereocenters. The molecule has 0 saturated carbocycles. The summed E-state index contributed by atoms with van der Waals surface area (Å²) in [6.45, 7) is 4.22. The fourth-order valence-electron chi connectivity index (χ4n) is 1.89. The molecule has 0 saturated heterocycles. The van der Waals surface area contributed by atoms with E-state index in [1.807, 2.05) is 0 Å². The van der Waals surface area contributed by atoms with E-state index in [4.69, 9.17) is 11.6 Å². The van der Waals surface area contributed by atoms with Crippen molar-refractivity contribution in [3.05, 3.63) is 34.6 Å². The smallest absolute Gasteiger partial charge is 0.124 e. The van der Waals surface area contributed by atoms with Crippen LogP contribution in [0.4, 0.5) is 4.39 Å². The van der Waals surface area contributed by atoms with E-state index in [0.29, 0.717) is 22.9 Å². The van der Waals surface area contributed by atoms with Gasteiger partial charge in [0.2, 0.25) is 0 Å². The van der Waals surface area contributed by atoms with E-state index in [9.17, 15) is 9.50 Å². The minimum atomic E-state index is -0.602. The topological polar surface area (TPSA) is 20.2 Å². The molecular weight excluding hydrogens is 227 g/mol. The van der Waals surface area contributed by atoms with Gasteiger partial charge in [0.05, 0.1) is 6.10 Å². The minimum absolute atomic E-state index is 0.302. The Morgan fingerprint density at radius 2 is 2.12 bits per heavy atom. The number of halogens is 2. The number of hydrogen-bond donors (Lipinski definition) is 1. The Balaban J connectivity index is 2.69. The van der Waals surface area contributed by atoms with Gasteiger partial charge in [0.25, 0.3) is 0 Å². The van der Waals surface area contributed by atoms with E-state index in [1.165, 1.54) is 12.1 Å². The molecule has 1 rings (SSSR count). The molecule has 0 aliphatic heterocycles. The van der Waals surface area contributed by atoms with Crippen LogP contribution in [0.15, 0.2) is 18.2 Å². The second kappa shape index (κ2) is 6.21. The van der Waals surface area contributed by atoms with Crippen LogP contribution in [0.3, 0.4) is 0 Å². The van der Waals surface area contributed by atoms with Crippen LogP contribution in [0, 0.1) is 11.7 Å². The van der Waals surface area contributed by atoms with Gasteiger partial charge in [-0.15, -0.1) is 0 Å². The first-order valence-electron chi connectivity index (χ1n) is 5.67. The number of rotatable bonds is 5. The molecule has 2 unspecified atom stereocenters. The van der Waals surface area contributed by atoms with Crippen molar-refractivity contribution in [1.29, 1.82) is 0 Å². The predicted molar refractivity (Wildman–Crippen MR) is 65.1 cm³/mol. The van der Waals surface area contributed by atoms with E-state index in [-0.39, 0.29) is 5.82 Å². The molecule has 1 N–H and O–H groups in total. The standard InChI is InChI=1S/C13H18ClFO/c1-3-4-9(2)7-13(16)11-6-5-10(15)8-12(11)14/h5-6,8-9,13,16H,3-4,7H2,1-2H3. The summed E-state index contributed by atoms with van der Waals surface area (Å²) in [5.74, 6) is 0.0728. The van der Waals surface area contributed by atoms with Gasteiger partial charge >= 0.3 is 0 Å². The van der Waals surface area contributed by atoms with Gasteiger partial charge in [0.15, 0.2) is 0 Å². The van der Waals surface area contributed by atoms with Gasteiger partial charge in [-0.1, -0.05) is 44.4 Å². The van der Waals surface area contributed by atoms with Crippen molar-refractivity contribution < 1.29 is 9.50 Å². The van der Waals surface area contributed by atoms with E-state index in [2.05, 4.69) is 13.8 Å². The summed E-state index contributed by atoms with van der Waals surface area (Å²) in [4.78, 5) is 0. The van der Waals surface area contributed by atoms with Gasteiger partial charge in [-0.25, -0.2) is 4.39 Å². The Kier molecular flexibility index (Phi) is 5.23. The van der Waals surface area contributed by atoms with Gasteiger partial charge < -0.3 is 5.11 Å². The minimum Gasteiger partial charge on any atom is -0.388 e. The summed E-state index contributed by atoms with van der Waals surface area (Å²) < 4.78 is 12.8. The van der Waals surface area contributed by atoms with Crippen LogP contribution in [0.5, 0.6) is 0 Å². The van der Waals surface area contributed by atoms with E-state index in [1.54, 1.807) is 6.07 Å². The average Bonchev–Trinajstić information content (AvgIpc) is 2.17. The molecule has 0 aliphatic carbocycles.